The van der Waals surface area contributed by atoms with Crippen LogP contribution in [-0.4, -0.2) is 30.9 Å². The minimum absolute atomic E-state index is 0.0214. The van der Waals surface area contributed by atoms with Gasteiger partial charge in [-0.3, -0.25) is 9.36 Å². The van der Waals surface area contributed by atoms with Crippen molar-refractivity contribution < 1.29 is 27.8 Å². The normalized spacial score (nSPS) is 15.4. The van der Waals surface area contributed by atoms with Gasteiger partial charge in [-0.25, -0.2) is 9.79 Å². The van der Waals surface area contributed by atoms with E-state index < -0.39 is 18.6 Å². The molecule has 1 aromatic heterocycles. The van der Waals surface area contributed by atoms with E-state index in [0.717, 1.165) is 6.42 Å². The van der Waals surface area contributed by atoms with E-state index in [1.807, 2.05) is 25.1 Å². The Labute approximate surface area is 215 Å². The first-order valence-corrected chi connectivity index (χ1v) is 12.6. The molecule has 0 spiro atoms. The number of halogens is 2. The van der Waals surface area contributed by atoms with Crippen LogP contribution in [0.15, 0.2) is 69.6 Å². The van der Waals surface area contributed by atoms with Crippen molar-refractivity contribution in [3.63, 3.8) is 0 Å². The highest BCUT2D eigenvalue weighted by Crippen LogP contribution is 2.36. The van der Waals surface area contributed by atoms with Crippen LogP contribution in [0.1, 0.15) is 43.9 Å². The summed E-state index contributed by atoms with van der Waals surface area (Å²) in [6, 6.07) is 12.4. The number of carbonyl (C=O) groups is 1. The number of esters is 1. The van der Waals surface area contributed by atoms with Crippen LogP contribution in [0.5, 0.6) is 11.5 Å². The molecule has 0 unspecified atom stereocenters. The lowest BCUT2D eigenvalue weighted by atomic mass is 9.93. The van der Waals surface area contributed by atoms with Crippen molar-refractivity contribution in [1.29, 1.82) is 0 Å². The number of rotatable bonds is 9. The Bertz CT molecular complexity index is 1490. The summed E-state index contributed by atoms with van der Waals surface area (Å²) in [6.07, 6.45) is 2.92. The van der Waals surface area contributed by atoms with Crippen LogP contribution in [0.3, 0.4) is 0 Å². The van der Waals surface area contributed by atoms with Crippen molar-refractivity contribution in [2.24, 2.45) is 4.99 Å². The maximum absolute atomic E-state index is 13.7. The first kappa shape index (κ1) is 26.3. The minimum atomic E-state index is -2.92. The predicted molar refractivity (Wildman–Crippen MR) is 136 cm³/mol. The van der Waals surface area contributed by atoms with Gasteiger partial charge in [-0.15, -0.1) is 0 Å². The molecule has 0 saturated carbocycles. The molecular formula is C27H26F2N2O5S. The average Bonchev–Trinajstić information content (AvgIpc) is 3.18. The van der Waals surface area contributed by atoms with E-state index >= 15 is 0 Å². The molecule has 0 bridgehead atoms. The molecule has 1 atom stereocenters. The number of ether oxygens (including phenoxy) is 3. The Kier molecular flexibility index (Phi) is 8.17. The maximum Gasteiger partial charge on any atom is 0.387 e. The lowest BCUT2D eigenvalue weighted by Crippen LogP contribution is -2.40. The van der Waals surface area contributed by atoms with Crippen molar-refractivity contribution >= 4 is 23.4 Å². The van der Waals surface area contributed by atoms with Crippen LogP contribution in [0.2, 0.25) is 0 Å². The van der Waals surface area contributed by atoms with Gasteiger partial charge in [0, 0.05) is 5.56 Å². The zero-order chi connectivity index (χ0) is 26.5. The van der Waals surface area contributed by atoms with E-state index in [1.54, 1.807) is 31.2 Å². The summed E-state index contributed by atoms with van der Waals surface area (Å²) >= 11 is 1.19. The number of para-hydroxylation sites is 1. The fourth-order valence-electron chi connectivity index (χ4n) is 4.20. The van der Waals surface area contributed by atoms with E-state index in [-0.39, 0.29) is 17.9 Å². The summed E-state index contributed by atoms with van der Waals surface area (Å²) in [5.74, 6) is 0.0128. The topological polar surface area (TPSA) is 79.1 Å². The van der Waals surface area contributed by atoms with Crippen LogP contribution in [-0.2, 0) is 9.53 Å². The Morgan fingerprint density at radius 2 is 1.89 bits per heavy atom. The molecule has 2 aromatic carbocycles. The van der Waals surface area contributed by atoms with Crippen molar-refractivity contribution in [2.75, 3.05) is 13.7 Å². The van der Waals surface area contributed by atoms with Gasteiger partial charge in [-0.1, -0.05) is 55.0 Å². The Morgan fingerprint density at radius 3 is 2.54 bits per heavy atom. The van der Waals surface area contributed by atoms with Gasteiger partial charge in [-0.2, -0.15) is 8.78 Å². The fraction of sp³-hybridized carbons (Fsp3) is 0.296. The van der Waals surface area contributed by atoms with Crippen molar-refractivity contribution in [3.8, 4) is 11.5 Å². The average molecular weight is 529 g/mol. The highest BCUT2D eigenvalue weighted by Gasteiger charge is 2.35. The second-order valence-corrected chi connectivity index (χ2v) is 9.11. The van der Waals surface area contributed by atoms with Crippen LogP contribution in [0.4, 0.5) is 8.78 Å². The first-order valence-electron chi connectivity index (χ1n) is 11.8. The molecule has 4 rings (SSSR count). The number of hydrogen-bond acceptors (Lipinski definition) is 7. The molecule has 1 aliphatic heterocycles. The molecule has 2 heterocycles. The SMILES string of the molecule is CCCC1=C(C(=O)OCC)[C@H](c2ccccc2OC)n2c(s/c(=C/c3ccc(OC(F)F)cc3)c2=O)=N1. The van der Waals surface area contributed by atoms with Gasteiger partial charge in [-0.05, 0) is 43.2 Å². The van der Waals surface area contributed by atoms with Gasteiger partial charge in [0.2, 0.25) is 0 Å². The third kappa shape index (κ3) is 5.48. The van der Waals surface area contributed by atoms with Crippen LogP contribution >= 0.6 is 11.3 Å². The first-order chi connectivity index (χ1) is 17.9. The highest BCUT2D eigenvalue weighted by atomic mass is 32.1. The van der Waals surface area contributed by atoms with Gasteiger partial charge < -0.3 is 14.2 Å². The zero-order valence-corrected chi connectivity index (χ0v) is 21.4. The van der Waals surface area contributed by atoms with Crippen molar-refractivity contribution in [2.45, 2.75) is 39.3 Å². The van der Waals surface area contributed by atoms with Crippen molar-refractivity contribution in [1.82, 2.24) is 4.57 Å². The van der Waals surface area contributed by atoms with Crippen LogP contribution in [0, 0.1) is 0 Å². The summed E-state index contributed by atoms with van der Waals surface area (Å²) in [5, 5.41) is 0. The summed E-state index contributed by atoms with van der Waals surface area (Å²) in [4.78, 5) is 32.1. The molecule has 7 nitrogen and oxygen atoms in total. The fourth-order valence-corrected chi connectivity index (χ4v) is 5.22. The molecule has 0 amide bonds. The number of hydrogen-bond donors (Lipinski definition) is 0. The van der Waals surface area contributed by atoms with Gasteiger partial charge in [0.15, 0.2) is 4.80 Å². The molecule has 37 heavy (non-hydrogen) atoms. The molecular weight excluding hydrogens is 502 g/mol. The molecule has 0 fully saturated rings. The van der Waals surface area contributed by atoms with E-state index in [0.29, 0.717) is 43.9 Å². The number of nitrogens with zero attached hydrogens (tertiary/aromatic N) is 2. The zero-order valence-electron chi connectivity index (χ0n) is 20.6. The summed E-state index contributed by atoms with van der Waals surface area (Å²) in [5.41, 5.74) is 1.79. The largest absolute Gasteiger partial charge is 0.496 e. The summed E-state index contributed by atoms with van der Waals surface area (Å²) in [6.45, 7) is 0.967. The number of aromatic nitrogens is 1. The summed E-state index contributed by atoms with van der Waals surface area (Å²) < 4.78 is 42.2. The van der Waals surface area contributed by atoms with E-state index in [2.05, 4.69) is 4.74 Å². The molecule has 3 aromatic rings. The Morgan fingerprint density at radius 1 is 1.16 bits per heavy atom. The second kappa shape index (κ2) is 11.5. The second-order valence-electron chi connectivity index (χ2n) is 8.10. The summed E-state index contributed by atoms with van der Waals surface area (Å²) in [7, 11) is 1.53. The quantitative estimate of drug-likeness (QED) is 0.389. The molecule has 194 valence electrons. The lowest BCUT2D eigenvalue weighted by Gasteiger charge is -2.26. The smallest absolute Gasteiger partial charge is 0.387 e. The molecule has 1 aliphatic rings. The van der Waals surface area contributed by atoms with Gasteiger partial charge >= 0.3 is 12.6 Å². The molecule has 0 saturated heterocycles. The maximum atomic E-state index is 13.7. The Balaban J connectivity index is 1.93. The third-order valence-electron chi connectivity index (χ3n) is 5.73. The third-order valence-corrected chi connectivity index (χ3v) is 6.71. The number of benzene rings is 2. The number of methoxy groups -OCH3 is 1. The number of carbonyl (C=O) groups excluding carboxylic acids is 1. The molecule has 0 radical (unpaired) electrons. The van der Waals surface area contributed by atoms with E-state index in [1.165, 1.54) is 35.1 Å². The van der Waals surface area contributed by atoms with Crippen LogP contribution < -0.4 is 24.4 Å². The lowest BCUT2D eigenvalue weighted by molar-refractivity contribution is -0.139. The highest BCUT2D eigenvalue weighted by molar-refractivity contribution is 7.07. The minimum Gasteiger partial charge on any atom is -0.496 e. The van der Waals surface area contributed by atoms with Gasteiger partial charge in [0.1, 0.15) is 17.5 Å². The van der Waals surface area contributed by atoms with E-state index in [4.69, 9.17) is 14.5 Å². The van der Waals surface area contributed by atoms with Gasteiger partial charge in [0.05, 0.1) is 29.5 Å². The van der Waals surface area contributed by atoms with Gasteiger partial charge in [0.25, 0.3) is 5.56 Å². The van der Waals surface area contributed by atoms with E-state index in [9.17, 15) is 18.4 Å². The Hall–Kier alpha value is -3.79. The molecule has 0 aliphatic carbocycles. The monoisotopic (exact) mass is 528 g/mol. The molecule has 10 heteroatoms. The number of alkyl halides is 2. The standard InChI is InChI=1S/C27H26F2N2O5S/c1-4-8-19-22(25(33)35-5-2)23(18-9-6-7-10-20(18)34-3)31-24(32)21(37-27(31)30-19)15-16-11-13-17(14-12-16)36-26(28)29/h6-7,9-15,23,26H,4-5,8H2,1-3H3/b21-15+/t23-/m0/s1. The number of fused-ring (bicyclic) bond motifs is 1. The number of allylic oxidation sites excluding steroid dienone is 1. The predicted octanol–water partition coefficient (Wildman–Crippen LogP) is 4.19. The van der Waals surface area contributed by atoms with Crippen molar-refractivity contribution in [3.05, 3.63) is 90.6 Å². The number of thiazole rings is 1. The van der Waals surface area contributed by atoms with Crippen LogP contribution in [0.25, 0.3) is 6.08 Å². The molecule has 0 N–H and O–H groups in total.